The van der Waals surface area contributed by atoms with Gasteiger partial charge in [0.1, 0.15) is 5.82 Å². The summed E-state index contributed by atoms with van der Waals surface area (Å²) in [5.74, 6) is 3.07. The summed E-state index contributed by atoms with van der Waals surface area (Å²) in [5, 5.41) is 0.905. The molecule has 1 aromatic rings. The Labute approximate surface area is 105 Å². The molecule has 2 heterocycles. The molecule has 0 aromatic carbocycles. The SMILES string of the molecule is BrCc1cccnc1N1CC2CCCC2C1. The van der Waals surface area contributed by atoms with Gasteiger partial charge in [0.15, 0.2) is 0 Å². The maximum Gasteiger partial charge on any atom is 0.132 e. The van der Waals surface area contributed by atoms with Gasteiger partial charge in [-0.1, -0.05) is 28.4 Å². The van der Waals surface area contributed by atoms with Gasteiger partial charge in [-0.15, -0.1) is 0 Å². The molecular formula is C13H17BrN2. The van der Waals surface area contributed by atoms with Gasteiger partial charge in [0.25, 0.3) is 0 Å². The van der Waals surface area contributed by atoms with E-state index < -0.39 is 0 Å². The predicted octanol–water partition coefficient (Wildman–Crippen LogP) is 3.21. The molecule has 0 bridgehead atoms. The molecule has 2 nitrogen and oxygen atoms in total. The Kier molecular flexibility index (Phi) is 2.88. The predicted molar refractivity (Wildman–Crippen MR) is 69.9 cm³/mol. The number of rotatable bonds is 2. The molecule has 3 rings (SSSR count). The van der Waals surface area contributed by atoms with Crippen molar-refractivity contribution in [3.05, 3.63) is 23.9 Å². The number of hydrogen-bond donors (Lipinski definition) is 0. The van der Waals surface area contributed by atoms with Crippen molar-refractivity contribution in [2.45, 2.75) is 24.6 Å². The lowest BCUT2D eigenvalue weighted by Crippen LogP contribution is -2.23. The van der Waals surface area contributed by atoms with E-state index in [1.165, 1.54) is 43.7 Å². The van der Waals surface area contributed by atoms with Crippen LogP contribution in [0.5, 0.6) is 0 Å². The van der Waals surface area contributed by atoms with Crippen molar-refractivity contribution >= 4 is 21.7 Å². The van der Waals surface area contributed by atoms with Crippen molar-refractivity contribution in [2.75, 3.05) is 18.0 Å². The Balaban J connectivity index is 1.83. The van der Waals surface area contributed by atoms with Crippen molar-refractivity contribution in [1.82, 2.24) is 4.98 Å². The van der Waals surface area contributed by atoms with Crippen LogP contribution < -0.4 is 4.90 Å². The summed E-state index contributed by atoms with van der Waals surface area (Å²) in [6.07, 6.45) is 6.21. The summed E-state index contributed by atoms with van der Waals surface area (Å²) in [7, 11) is 0. The molecule has 2 fully saturated rings. The first-order chi connectivity index (χ1) is 7.88. The van der Waals surface area contributed by atoms with E-state index >= 15 is 0 Å². The van der Waals surface area contributed by atoms with Crippen LogP contribution in [0.3, 0.4) is 0 Å². The normalized spacial score (nSPS) is 28.4. The summed E-state index contributed by atoms with van der Waals surface area (Å²) in [4.78, 5) is 7.05. The Morgan fingerprint density at radius 1 is 1.31 bits per heavy atom. The zero-order valence-electron chi connectivity index (χ0n) is 9.40. The van der Waals surface area contributed by atoms with E-state index in [1.54, 1.807) is 0 Å². The molecule has 86 valence electrons. The van der Waals surface area contributed by atoms with Crippen LogP contribution in [0.2, 0.25) is 0 Å². The second-order valence-electron chi connectivity index (χ2n) is 4.98. The number of fused-ring (bicyclic) bond motifs is 1. The number of alkyl halides is 1. The molecule has 2 unspecified atom stereocenters. The minimum atomic E-state index is 0.905. The van der Waals surface area contributed by atoms with Crippen LogP contribution in [0.15, 0.2) is 18.3 Å². The highest BCUT2D eigenvalue weighted by atomic mass is 79.9. The topological polar surface area (TPSA) is 16.1 Å². The van der Waals surface area contributed by atoms with Crippen molar-refractivity contribution in [2.24, 2.45) is 11.8 Å². The lowest BCUT2D eigenvalue weighted by molar-refractivity contribution is 0.494. The molecule has 2 aliphatic rings. The second kappa shape index (κ2) is 4.36. The van der Waals surface area contributed by atoms with Crippen LogP contribution in [-0.4, -0.2) is 18.1 Å². The summed E-state index contributed by atoms with van der Waals surface area (Å²) >= 11 is 3.55. The summed E-state index contributed by atoms with van der Waals surface area (Å²) in [6, 6.07) is 4.20. The first kappa shape index (κ1) is 10.6. The fourth-order valence-electron chi connectivity index (χ4n) is 3.23. The molecular weight excluding hydrogens is 264 g/mol. The van der Waals surface area contributed by atoms with Gasteiger partial charge in [0.2, 0.25) is 0 Å². The molecule has 0 N–H and O–H groups in total. The van der Waals surface area contributed by atoms with Gasteiger partial charge in [0, 0.05) is 30.2 Å². The molecule has 3 heteroatoms. The average Bonchev–Trinajstić information content (AvgIpc) is 2.89. The van der Waals surface area contributed by atoms with Gasteiger partial charge in [-0.2, -0.15) is 0 Å². The van der Waals surface area contributed by atoms with E-state index in [0.717, 1.165) is 17.2 Å². The zero-order chi connectivity index (χ0) is 11.0. The number of pyridine rings is 1. The quantitative estimate of drug-likeness (QED) is 0.774. The molecule has 1 aliphatic heterocycles. The van der Waals surface area contributed by atoms with Gasteiger partial charge in [0.05, 0.1) is 0 Å². The third kappa shape index (κ3) is 1.75. The first-order valence-electron chi connectivity index (χ1n) is 6.13. The minimum Gasteiger partial charge on any atom is -0.356 e. The molecule has 2 atom stereocenters. The number of anilines is 1. The maximum absolute atomic E-state index is 4.55. The third-order valence-electron chi connectivity index (χ3n) is 4.04. The van der Waals surface area contributed by atoms with Crippen molar-refractivity contribution < 1.29 is 0 Å². The van der Waals surface area contributed by atoms with Crippen LogP contribution in [0, 0.1) is 11.8 Å². The Morgan fingerprint density at radius 2 is 2.06 bits per heavy atom. The maximum atomic E-state index is 4.55. The Hall–Kier alpha value is -0.570. The van der Waals surface area contributed by atoms with Gasteiger partial charge in [-0.3, -0.25) is 0 Å². The molecule has 1 saturated carbocycles. The molecule has 1 saturated heterocycles. The van der Waals surface area contributed by atoms with Crippen LogP contribution in [0.4, 0.5) is 5.82 Å². The highest BCUT2D eigenvalue weighted by Gasteiger charge is 2.36. The molecule has 0 amide bonds. The zero-order valence-corrected chi connectivity index (χ0v) is 11.0. The number of nitrogens with zero attached hydrogens (tertiary/aromatic N) is 2. The van der Waals surface area contributed by atoms with Crippen LogP contribution >= 0.6 is 15.9 Å². The molecule has 1 aliphatic carbocycles. The van der Waals surface area contributed by atoms with E-state index in [2.05, 4.69) is 31.9 Å². The lowest BCUT2D eigenvalue weighted by atomic mass is 10.0. The Morgan fingerprint density at radius 3 is 2.75 bits per heavy atom. The van der Waals surface area contributed by atoms with Crippen molar-refractivity contribution in [3.8, 4) is 0 Å². The molecule has 0 spiro atoms. The van der Waals surface area contributed by atoms with Gasteiger partial charge < -0.3 is 4.90 Å². The Bertz CT molecular complexity index is 368. The second-order valence-corrected chi connectivity index (χ2v) is 5.54. The standard InChI is InChI=1S/C13H17BrN2/c14-7-10-5-2-6-15-13(10)16-8-11-3-1-4-12(11)9-16/h2,5-6,11-12H,1,3-4,7-9H2. The molecule has 16 heavy (non-hydrogen) atoms. The van der Waals surface area contributed by atoms with E-state index in [-0.39, 0.29) is 0 Å². The van der Waals surface area contributed by atoms with Crippen molar-refractivity contribution in [3.63, 3.8) is 0 Å². The highest BCUT2D eigenvalue weighted by molar-refractivity contribution is 9.08. The van der Waals surface area contributed by atoms with E-state index in [1.807, 2.05) is 12.3 Å². The lowest BCUT2D eigenvalue weighted by Gasteiger charge is -2.20. The van der Waals surface area contributed by atoms with Crippen LogP contribution in [-0.2, 0) is 5.33 Å². The number of halogens is 1. The fourth-order valence-corrected chi connectivity index (χ4v) is 3.66. The van der Waals surface area contributed by atoms with E-state index in [0.29, 0.717) is 0 Å². The average molecular weight is 281 g/mol. The van der Waals surface area contributed by atoms with Gasteiger partial charge in [-0.25, -0.2) is 4.98 Å². The third-order valence-corrected chi connectivity index (χ3v) is 4.64. The highest BCUT2D eigenvalue weighted by Crippen LogP contribution is 2.39. The van der Waals surface area contributed by atoms with Crippen LogP contribution in [0.1, 0.15) is 24.8 Å². The minimum absolute atomic E-state index is 0.905. The first-order valence-corrected chi connectivity index (χ1v) is 7.25. The summed E-state index contributed by atoms with van der Waals surface area (Å²) < 4.78 is 0. The molecule has 1 aromatic heterocycles. The van der Waals surface area contributed by atoms with Crippen molar-refractivity contribution in [1.29, 1.82) is 0 Å². The number of hydrogen-bond acceptors (Lipinski definition) is 2. The smallest absolute Gasteiger partial charge is 0.132 e. The fraction of sp³-hybridized carbons (Fsp3) is 0.615. The van der Waals surface area contributed by atoms with Gasteiger partial charge in [-0.05, 0) is 30.7 Å². The van der Waals surface area contributed by atoms with Crippen LogP contribution in [0.25, 0.3) is 0 Å². The molecule has 0 radical (unpaired) electrons. The largest absolute Gasteiger partial charge is 0.356 e. The monoisotopic (exact) mass is 280 g/mol. The van der Waals surface area contributed by atoms with E-state index in [9.17, 15) is 0 Å². The van der Waals surface area contributed by atoms with Gasteiger partial charge >= 0.3 is 0 Å². The van der Waals surface area contributed by atoms with E-state index in [4.69, 9.17) is 0 Å². The summed E-state index contributed by atoms with van der Waals surface area (Å²) in [5.41, 5.74) is 1.32. The summed E-state index contributed by atoms with van der Waals surface area (Å²) in [6.45, 7) is 2.45. The number of aromatic nitrogens is 1.